The largest absolute Gasteiger partial charge is 0.355 e. The Hall–Kier alpha value is -3.13. The molecule has 8 heteroatoms. The molecule has 176 valence electrons. The third-order valence-corrected chi connectivity index (χ3v) is 7.33. The van der Waals surface area contributed by atoms with Crippen molar-refractivity contribution in [1.29, 1.82) is 0 Å². The molecule has 2 aromatic carbocycles. The molecule has 2 heterocycles. The minimum atomic E-state index is -0.0685. The third-order valence-electron chi connectivity index (χ3n) is 6.69. The topological polar surface area (TPSA) is 81.8 Å². The van der Waals surface area contributed by atoms with Crippen LogP contribution in [0.2, 0.25) is 0 Å². The number of pyridine rings is 1. The Morgan fingerprint density at radius 3 is 2.32 bits per heavy atom. The number of nitrogens with zero attached hydrogens (tertiary/aromatic N) is 4. The van der Waals surface area contributed by atoms with Gasteiger partial charge in [-0.2, -0.15) is 0 Å². The average molecular weight is 476 g/mol. The molecule has 4 aromatic rings. The summed E-state index contributed by atoms with van der Waals surface area (Å²) in [6.07, 6.45) is 8.54. The van der Waals surface area contributed by atoms with Crippen LogP contribution in [0.1, 0.15) is 44.0 Å². The van der Waals surface area contributed by atoms with Crippen molar-refractivity contribution in [2.24, 2.45) is 0 Å². The molecule has 1 aliphatic rings. The Bertz CT molecular complexity index is 1330. The fraction of sp³-hybridized carbons (Fsp3) is 0.385. The summed E-state index contributed by atoms with van der Waals surface area (Å²) < 4.78 is 4.25. The van der Waals surface area contributed by atoms with E-state index < -0.39 is 0 Å². The number of amides is 1. The zero-order valence-electron chi connectivity index (χ0n) is 19.4. The highest BCUT2D eigenvalue weighted by molar-refractivity contribution is 7.98. The summed E-state index contributed by atoms with van der Waals surface area (Å²) in [4.78, 5) is 25.8. The number of rotatable bonds is 8. The highest BCUT2D eigenvalue weighted by Gasteiger charge is 2.23. The minimum Gasteiger partial charge on any atom is -0.355 e. The normalized spacial score (nSPS) is 14.3. The van der Waals surface area contributed by atoms with Crippen LogP contribution < -0.4 is 10.7 Å². The molecule has 34 heavy (non-hydrogen) atoms. The van der Waals surface area contributed by atoms with Gasteiger partial charge < -0.3 is 14.5 Å². The Labute approximate surface area is 202 Å². The van der Waals surface area contributed by atoms with Crippen molar-refractivity contribution in [2.75, 3.05) is 12.8 Å². The van der Waals surface area contributed by atoms with E-state index in [1.807, 2.05) is 59.4 Å². The molecule has 5 rings (SSSR count). The number of thioether (sulfide) groups is 1. The molecule has 7 nitrogen and oxygen atoms in total. The second-order valence-corrected chi connectivity index (χ2v) is 9.59. The van der Waals surface area contributed by atoms with Crippen molar-refractivity contribution >= 4 is 39.5 Å². The van der Waals surface area contributed by atoms with E-state index in [1.54, 1.807) is 11.8 Å². The predicted molar refractivity (Wildman–Crippen MR) is 136 cm³/mol. The molecular weight excluding hydrogens is 446 g/mol. The molecule has 0 aliphatic heterocycles. The molecule has 0 spiro atoms. The molecule has 0 atom stereocenters. The van der Waals surface area contributed by atoms with Crippen molar-refractivity contribution in [3.63, 3.8) is 0 Å². The van der Waals surface area contributed by atoms with Gasteiger partial charge in [-0.3, -0.25) is 9.59 Å². The highest BCUT2D eigenvalue weighted by atomic mass is 32.2. The summed E-state index contributed by atoms with van der Waals surface area (Å²) in [6.45, 7) is 0.733. The van der Waals surface area contributed by atoms with Crippen LogP contribution in [-0.2, 0) is 17.8 Å². The summed E-state index contributed by atoms with van der Waals surface area (Å²) in [5.41, 5.74) is 1.55. The van der Waals surface area contributed by atoms with E-state index in [-0.39, 0.29) is 17.9 Å². The zero-order valence-corrected chi connectivity index (χ0v) is 20.2. The third kappa shape index (κ3) is 4.34. The fourth-order valence-electron chi connectivity index (χ4n) is 5.07. The first kappa shape index (κ1) is 22.7. The molecule has 1 aliphatic carbocycles. The number of hydrogen-bond donors (Lipinski definition) is 1. The second kappa shape index (κ2) is 10.0. The van der Waals surface area contributed by atoms with Gasteiger partial charge in [0, 0.05) is 29.8 Å². The molecule has 0 bridgehead atoms. The van der Waals surface area contributed by atoms with E-state index >= 15 is 0 Å². The number of nitrogens with one attached hydrogen (secondary N) is 1. The summed E-state index contributed by atoms with van der Waals surface area (Å²) >= 11 is 1.65. The second-order valence-electron chi connectivity index (χ2n) is 8.81. The summed E-state index contributed by atoms with van der Waals surface area (Å²) in [6, 6.07) is 15.5. The van der Waals surface area contributed by atoms with Gasteiger partial charge in [-0.05, 0) is 49.8 Å². The first-order chi connectivity index (χ1) is 16.7. The van der Waals surface area contributed by atoms with Gasteiger partial charge in [-0.25, -0.2) is 0 Å². The van der Waals surface area contributed by atoms with E-state index in [0.717, 1.165) is 34.9 Å². The molecule has 1 amide bonds. The smallest absolute Gasteiger partial charge is 0.239 e. The van der Waals surface area contributed by atoms with Crippen LogP contribution in [0.15, 0.2) is 58.5 Å². The van der Waals surface area contributed by atoms with Crippen LogP contribution in [-0.4, -0.2) is 38.0 Å². The van der Waals surface area contributed by atoms with E-state index in [9.17, 15) is 9.59 Å². The van der Waals surface area contributed by atoms with Gasteiger partial charge in [0.1, 0.15) is 12.4 Å². The average Bonchev–Trinajstić information content (AvgIpc) is 3.54. The van der Waals surface area contributed by atoms with Crippen LogP contribution in [0.4, 0.5) is 0 Å². The van der Waals surface area contributed by atoms with Crippen LogP contribution in [0.5, 0.6) is 0 Å². The zero-order chi connectivity index (χ0) is 23.5. The van der Waals surface area contributed by atoms with E-state index in [0.29, 0.717) is 23.4 Å². The number of hydrogen-bond acceptors (Lipinski definition) is 5. The van der Waals surface area contributed by atoms with Crippen molar-refractivity contribution < 1.29 is 4.79 Å². The minimum absolute atomic E-state index is 0.00107. The van der Waals surface area contributed by atoms with Crippen LogP contribution in [0.25, 0.3) is 21.8 Å². The monoisotopic (exact) mass is 475 g/mol. The molecule has 1 fully saturated rings. The molecule has 2 aromatic heterocycles. The summed E-state index contributed by atoms with van der Waals surface area (Å²) in [5.74, 6) is 0.948. The van der Waals surface area contributed by atoms with Crippen molar-refractivity contribution in [1.82, 2.24) is 24.6 Å². The summed E-state index contributed by atoms with van der Waals surface area (Å²) in [7, 11) is 0. The number of aryl methyl sites for hydroxylation is 1. The van der Waals surface area contributed by atoms with Crippen molar-refractivity contribution in [3.8, 4) is 0 Å². The van der Waals surface area contributed by atoms with Crippen LogP contribution in [0, 0.1) is 0 Å². The maximum atomic E-state index is 12.9. The Morgan fingerprint density at radius 1 is 1.03 bits per heavy atom. The molecular formula is C26H29N5O2S. The quantitative estimate of drug-likeness (QED) is 0.233. The number of fused-ring (bicyclic) bond motifs is 2. The number of aromatic nitrogens is 4. The number of para-hydroxylation sites is 2. The van der Waals surface area contributed by atoms with E-state index in [2.05, 4.69) is 20.1 Å². The van der Waals surface area contributed by atoms with E-state index in [4.69, 9.17) is 0 Å². The number of benzene rings is 2. The van der Waals surface area contributed by atoms with Crippen molar-refractivity contribution in [2.45, 2.75) is 56.3 Å². The first-order valence-corrected chi connectivity index (χ1v) is 13.1. The number of carbonyl (C=O) groups excluding carboxylic acids is 1. The van der Waals surface area contributed by atoms with E-state index in [1.165, 1.54) is 25.7 Å². The van der Waals surface area contributed by atoms with Crippen LogP contribution in [0.3, 0.4) is 0 Å². The van der Waals surface area contributed by atoms with Crippen molar-refractivity contribution in [3.05, 3.63) is 64.6 Å². The van der Waals surface area contributed by atoms with Gasteiger partial charge in [-0.1, -0.05) is 48.9 Å². The van der Waals surface area contributed by atoms with Gasteiger partial charge in [0.25, 0.3) is 0 Å². The Balaban J connectivity index is 1.27. The standard InChI is InChI=1S/C26H29N5O2S/c1-34-26-29-28-23(31(26)18-9-2-3-10-18)15-8-16-27-24(32)17-30-21-13-6-4-11-19(21)25(33)20-12-5-7-14-22(20)30/h4-7,11-14,18H,2-3,8-10,15-17H2,1H3,(H,27,32). The fourth-order valence-corrected chi connectivity index (χ4v) is 5.64. The van der Waals surface area contributed by atoms with Gasteiger partial charge in [0.2, 0.25) is 5.91 Å². The van der Waals surface area contributed by atoms with Gasteiger partial charge >= 0.3 is 0 Å². The SMILES string of the molecule is CSc1nnc(CCCNC(=O)Cn2c3ccccc3c(=O)c3ccccc32)n1C1CCCC1. The predicted octanol–water partition coefficient (Wildman–Crippen LogP) is 4.33. The van der Waals surface area contributed by atoms with Gasteiger partial charge in [-0.15, -0.1) is 10.2 Å². The number of carbonyl (C=O) groups is 1. The lowest BCUT2D eigenvalue weighted by atomic mass is 10.1. The lowest BCUT2D eigenvalue weighted by Crippen LogP contribution is -2.29. The maximum absolute atomic E-state index is 12.9. The van der Waals surface area contributed by atoms with Crippen LogP contribution >= 0.6 is 11.8 Å². The first-order valence-electron chi connectivity index (χ1n) is 11.9. The highest BCUT2D eigenvalue weighted by Crippen LogP contribution is 2.33. The Kier molecular flexibility index (Phi) is 6.67. The molecule has 1 saturated carbocycles. The van der Waals surface area contributed by atoms with Gasteiger partial charge in [0.15, 0.2) is 10.6 Å². The molecule has 0 radical (unpaired) electrons. The van der Waals surface area contributed by atoms with Gasteiger partial charge in [0.05, 0.1) is 11.0 Å². The molecule has 1 N–H and O–H groups in total. The maximum Gasteiger partial charge on any atom is 0.239 e. The Morgan fingerprint density at radius 2 is 1.68 bits per heavy atom. The summed E-state index contributed by atoms with van der Waals surface area (Å²) in [5, 5.41) is 14.1. The lowest BCUT2D eigenvalue weighted by molar-refractivity contribution is -0.121. The lowest BCUT2D eigenvalue weighted by Gasteiger charge is -2.16. The molecule has 0 saturated heterocycles. The molecule has 0 unspecified atom stereocenters.